The molecule has 6 heteroatoms. The predicted molar refractivity (Wildman–Crippen MR) is 47.5 cm³/mol. The molecule has 0 amide bonds. The Balaban J connectivity index is 3.98. The second-order valence-corrected chi connectivity index (χ2v) is 3.82. The van der Waals surface area contributed by atoms with Crippen molar-refractivity contribution in [1.29, 1.82) is 0 Å². The molecule has 0 aromatic carbocycles. The van der Waals surface area contributed by atoms with Gasteiger partial charge in [0, 0.05) is 4.83 Å². The fourth-order valence-electron chi connectivity index (χ4n) is 0.678. The highest BCUT2D eigenvalue weighted by Crippen LogP contribution is 2.30. The summed E-state index contributed by atoms with van der Waals surface area (Å²) in [6, 6.07) is 0. The molecule has 0 saturated heterocycles. The molecule has 0 aromatic rings. The van der Waals surface area contributed by atoms with E-state index in [1.807, 2.05) is 0 Å². The number of halogens is 4. The van der Waals surface area contributed by atoms with Crippen molar-refractivity contribution >= 4 is 15.9 Å². The van der Waals surface area contributed by atoms with Crippen molar-refractivity contribution in [3.8, 4) is 0 Å². The summed E-state index contributed by atoms with van der Waals surface area (Å²) >= 11 is 2.99. The maximum Gasteiger partial charge on any atom is 0.391 e. The van der Waals surface area contributed by atoms with Crippen molar-refractivity contribution in [2.24, 2.45) is 11.1 Å². The summed E-state index contributed by atoms with van der Waals surface area (Å²) in [5, 5.41) is 2.40. The molecule has 0 aliphatic heterocycles. The number of rotatable bonds is 4. The molecular weight excluding hydrogens is 251 g/mol. The largest absolute Gasteiger partial charge is 0.391 e. The van der Waals surface area contributed by atoms with Crippen molar-refractivity contribution in [3.05, 3.63) is 17.2 Å². The van der Waals surface area contributed by atoms with Gasteiger partial charge in [0.25, 0.3) is 0 Å². The van der Waals surface area contributed by atoms with Gasteiger partial charge >= 0.3 is 6.18 Å². The minimum absolute atomic E-state index is 0.102. The Hall–Kier alpha value is -0.390. The lowest BCUT2D eigenvalue weighted by molar-refractivity contribution is -0.170. The van der Waals surface area contributed by atoms with Gasteiger partial charge < -0.3 is 0 Å². The molecule has 0 aliphatic rings. The summed E-state index contributed by atoms with van der Waals surface area (Å²) in [5.74, 6) is -1.40. The summed E-state index contributed by atoms with van der Waals surface area (Å²) in [7, 11) is 0. The average molecular weight is 260 g/mol. The Bertz CT molecular complexity index is 193. The summed E-state index contributed by atoms with van der Waals surface area (Å²) in [4.78, 5) is 9.14. The highest BCUT2D eigenvalue weighted by Gasteiger charge is 2.36. The number of hydrogen-bond donors (Lipinski definition) is 0. The van der Waals surface area contributed by atoms with Crippen molar-refractivity contribution in [3.63, 3.8) is 0 Å². The van der Waals surface area contributed by atoms with Crippen LogP contribution in [0.15, 0.2) is 17.5 Å². The first-order valence-electron chi connectivity index (χ1n) is 3.58. The highest BCUT2D eigenvalue weighted by atomic mass is 79.9. The SMILES string of the molecule is C[C@@H](CC(Br)/C=C/N=O)C(F)(F)F. The van der Waals surface area contributed by atoms with E-state index in [1.54, 1.807) is 0 Å². The monoisotopic (exact) mass is 259 g/mol. The van der Waals surface area contributed by atoms with E-state index in [9.17, 15) is 18.1 Å². The molecule has 1 unspecified atom stereocenters. The lowest BCUT2D eigenvalue weighted by Crippen LogP contribution is -2.22. The summed E-state index contributed by atoms with van der Waals surface area (Å²) < 4.78 is 36.0. The molecule has 13 heavy (non-hydrogen) atoms. The van der Waals surface area contributed by atoms with Crippen LogP contribution in [0.2, 0.25) is 0 Å². The summed E-state index contributed by atoms with van der Waals surface area (Å²) in [6.07, 6.45) is -2.07. The Kier molecular flexibility index (Phi) is 5.20. The van der Waals surface area contributed by atoms with Crippen LogP contribution in [0, 0.1) is 10.8 Å². The van der Waals surface area contributed by atoms with Crippen LogP contribution >= 0.6 is 15.9 Å². The topological polar surface area (TPSA) is 29.4 Å². The fourth-order valence-corrected chi connectivity index (χ4v) is 1.38. The van der Waals surface area contributed by atoms with E-state index in [4.69, 9.17) is 0 Å². The number of nitroso groups, excluding NO2 is 1. The zero-order valence-corrected chi connectivity index (χ0v) is 8.47. The quantitative estimate of drug-likeness (QED) is 0.560. The zero-order valence-electron chi connectivity index (χ0n) is 6.88. The van der Waals surface area contributed by atoms with Gasteiger partial charge in [0.2, 0.25) is 0 Å². The minimum Gasteiger partial charge on any atom is -0.171 e. The molecule has 0 heterocycles. The smallest absolute Gasteiger partial charge is 0.171 e. The molecule has 0 radical (unpaired) electrons. The number of alkyl halides is 4. The molecule has 0 rings (SSSR count). The standard InChI is InChI=1S/C7H9BrF3NO/c1-5(7(9,10)11)4-6(8)2-3-12-13/h2-3,5-6H,4H2,1H3/b3-2+/t5-,6?/m0/s1. The maximum absolute atomic E-state index is 12.0. The number of hydrogen-bond acceptors (Lipinski definition) is 2. The van der Waals surface area contributed by atoms with Gasteiger partial charge in [0.05, 0.1) is 12.1 Å². The molecule has 0 aliphatic carbocycles. The molecule has 0 saturated carbocycles. The Morgan fingerprint density at radius 1 is 1.54 bits per heavy atom. The lowest BCUT2D eigenvalue weighted by Gasteiger charge is -2.16. The van der Waals surface area contributed by atoms with Gasteiger partial charge in [0.1, 0.15) is 0 Å². The normalized spacial score (nSPS) is 17.3. The van der Waals surface area contributed by atoms with E-state index in [-0.39, 0.29) is 6.42 Å². The third-order valence-electron chi connectivity index (χ3n) is 1.49. The van der Waals surface area contributed by atoms with Crippen LogP contribution < -0.4 is 0 Å². The Morgan fingerprint density at radius 2 is 2.08 bits per heavy atom. The molecule has 2 nitrogen and oxygen atoms in total. The first-order valence-corrected chi connectivity index (χ1v) is 4.49. The van der Waals surface area contributed by atoms with Crippen molar-refractivity contribution < 1.29 is 13.2 Å². The number of nitrogens with zero attached hydrogens (tertiary/aromatic N) is 1. The van der Waals surface area contributed by atoms with Gasteiger partial charge in [-0.2, -0.15) is 13.2 Å². The van der Waals surface area contributed by atoms with Crippen LogP contribution in [0.25, 0.3) is 0 Å². The molecule has 76 valence electrons. The molecule has 0 fully saturated rings. The van der Waals surface area contributed by atoms with Crippen LogP contribution in [-0.2, 0) is 0 Å². The van der Waals surface area contributed by atoms with E-state index in [0.717, 1.165) is 13.1 Å². The third-order valence-corrected chi connectivity index (χ3v) is 2.17. The van der Waals surface area contributed by atoms with Crippen LogP contribution in [0.3, 0.4) is 0 Å². The molecular formula is C7H9BrF3NO. The second-order valence-electron chi connectivity index (χ2n) is 2.64. The Morgan fingerprint density at radius 3 is 2.46 bits per heavy atom. The third kappa shape index (κ3) is 5.79. The second kappa shape index (κ2) is 5.36. The number of allylic oxidation sites excluding steroid dienone is 1. The van der Waals surface area contributed by atoms with Gasteiger partial charge in [-0.1, -0.05) is 22.9 Å². The lowest BCUT2D eigenvalue weighted by atomic mass is 10.1. The van der Waals surface area contributed by atoms with E-state index in [2.05, 4.69) is 21.1 Å². The first-order chi connectivity index (χ1) is 5.88. The fraction of sp³-hybridized carbons (Fsp3) is 0.714. The molecule has 2 atom stereocenters. The summed E-state index contributed by atoms with van der Waals surface area (Å²) in [5.41, 5.74) is 0. The van der Waals surface area contributed by atoms with Crippen LogP contribution in [-0.4, -0.2) is 11.0 Å². The van der Waals surface area contributed by atoms with Crippen molar-refractivity contribution in [2.75, 3.05) is 0 Å². The highest BCUT2D eigenvalue weighted by molar-refractivity contribution is 9.09. The maximum atomic E-state index is 12.0. The molecule has 0 bridgehead atoms. The Labute approximate surface area is 82.3 Å². The van der Waals surface area contributed by atoms with Gasteiger partial charge in [-0.3, -0.25) is 0 Å². The van der Waals surface area contributed by atoms with Crippen molar-refractivity contribution in [1.82, 2.24) is 0 Å². The predicted octanol–water partition coefficient (Wildman–Crippen LogP) is 3.62. The van der Waals surface area contributed by atoms with Crippen molar-refractivity contribution in [2.45, 2.75) is 24.3 Å². The molecule has 0 N–H and O–H groups in total. The average Bonchev–Trinajstić information content (AvgIpc) is 1.99. The molecule has 0 aromatic heterocycles. The van der Waals surface area contributed by atoms with E-state index in [0.29, 0.717) is 0 Å². The molecule has 0 spiro atoms. The van der Waals surface area contributed by atoms with Gasteiger partial charge in [0.15, 0.2) is 0 Å². The van der Waals surface area contributed by atoms with Crippen LogP contribution in [0.1, 0.15) is 13.3 Å². The van der Waals surface area contributed by atoms with Gasteiger partial charge in [-0.25, -0.2) is 0 Å². The summed E-state index contributed by atoms with van der Waals surface area (Å²) in [6.45, 7) is 1.09. The van der Waals surface area contributed by atoms with E-state index < -0.39 is 16.9 Å². The first kappa shape index (κ1) is 12.6. The minimum atomic E-state index is -4.19. The van der Waals surface area contributed by atoms with Crippen LogP contribution in [0.5, 0.6) is 0 Å². The van der Waals surface area contributed by atoms with Crippen LogP contribution in [0.4, 0.5) is 13.2 Å². The van der Waals surface area contributed by atoms with E-state index in [1.165, 1.54) is 6.08 Å². The zero-order chi connectivity index (χ0) is 10.5. The van der Waals surface area contributed by atoms with Gasteiger partial charge in [-0.05, 0) is 17.7 Å². The van der Waals surface area contributed by atoms with Gasteiger partial charge in [-0.15, -0.1) is 4.91 Å². The van der Waals surface area contributed by atoms with E-state index >= 15 is 0 Å².